The van der Waals surface area contributed by atoms with Gasteiger partial charge in [0.05, 0.1) is 5.60 Å². The zero-order valence-corrected chi connectivity index (χ0v) is 14.3. The lowest BCUT2D eigenvalue weighted by Gasteiger charge is -2.35. The summed E-state index contributed by atoms with van der Waals surface area (Å²) in [6.07, 6.45) is 4.00. The second-order valence-electron chi connectivity index (χ2n) is 7.31. The number of aryl methyl sites for hydroxylation is 1. The van der Waals surface area contributed by atoms with Gasteiger partial charge in [-0.3, -0.25) is 4.79 Å². The Bertz CT molecular complexity index is 556. The van der Waals surface area contributed by atoms with Gasteiger partial charge in [0.25, 0.3) is 0 Å². The van der Waals surface area contributed by atoms with Crippen molar-refractivity contribution in [2.45, 2.75) is 45.1 Å². The summed E-state index contributed by atoms with van der Waals surface area (Å²) in [6.45, 7) is 7.50. The van der Waals surface area contributed by atoms with Crippen molar-refractivity contribution in [1.29, 1.82) is 0 Å². The van der Waals surface area contributed by atoms with Gasteiger partial charge in [-0.25, -0.2) is 0 Å². The highest BCUT2D eigenvalue weighted by Crippen LogP contribution is 2.29. The van der Waals surface area contributed by atoms with Gasteiger partial charge in [-0.1, -0.05) is 18.2 Å². The van der Waals surface area contributed by atoms with Gasteiger partial charge >= 0.3 is 0 Å². The highest BCUT2D eigenvalue weighted by molar-refractivity contribution is 5.78. The first-order chi connectivity index (χ1) is 11.1. The van der Waals surface area contributed by atoms with Gasteiger partial charge in [-0.05, 0) is 51.2 Å². The number of carbonyl (C=O) groups excluding carboxylic acids is 1. The molecule has 0 aromatic heterocycles. The topological polar surface area (TPSA) is 41.6 Å². The number of benzene rings is 1. The molecule has 1 aromatic carbocycles. The lowest BCUT2D eigenvalue weighted by molar-refractivity contribution is -0.135. The van der Waals surface area contributed by atoms with Crippen molar-refractivity contribution < 1.29 is 9.53 Å². The first kappa shape index (κ1) is 16.3. The van der Waals surface area contributed by atoms with Crippen LogP contribution in [0.4, 0.5) is 5.69 Å². The van der Waals surface area contributed by atoms with E-state index in [1.807, 2.05) is 0 Å². The van der Waals surface area contributed by atoms with Crippen molar-refractivity contribution in [3.05, 3.63) is 29.8 Å². The fourth-order valence-electron chi connectivity index (χ4n) is 3.76. The fourth-order valence-corrected chi connectivity index (χ4v) is 3.76. The number of nitrogens with zero attached hydrogens (tertiary/aromatic N) is 1. The van der Waals surface area contributed by atoms with Crippen molar-refractivity contribution in [1.82, 2.24) is 5.32 Å². The van der Waals surface area contributed by atoms with E-state index in [1.165, 1.54) is 17.7 Å². The second kappa shape index (κ2) is 6.91. The number of hydrogen-bond acceptors (Lipinski definition) is 3. The van der Waals surface area contributed by atoms with Crippen LogP contribution in [0.5, 0.6) is 0 Å². The highest BCUT2D eigenvalue weighted by atomic mass is 16.5. The molecule has 0 bridgehead atoms. The standard InChI is InChI=1S/C19H28N2O2/c1-19(2)14-16(9-13-23-19)18(22)20-10-12-21-11-5-7-15-6-3-4-8-17(15)21/h3-4,6,8,16H,5,7,9-14H2,1-2H3,(H,20,22)/t16-/m0/s1. The van der Waals surface area contributed by atoms with Crippen molar-refractivity contribution in [2.24, 2.45) is 5.92 Å². The van der Waals surface area contributed by atoms with Crippen molar-refractivity contribution in [2.75, 3.05) is 31.1 Å². The molecule has 1 aromatic rings. The SMILES string of the molecule is CC1(C)C[C@@H](C(=O)NCCN2CCCc3ccccc32)CCO1. The number of anilines is 1. The molecular formula is C19H28N2O2. The molecule has 0 aliphatic carbocycles. The van der Waals surface area contributed by atoms with Crippen LogP contribution in [0.2, 0.25) is 0 Å². The molecule has 1 fully saturated rings. The molecule has 1 N–H and O–H groups in total. The molecule has 0 spiro atoms. The van der Waals surface area contributed by atoms with Crippen LogP contribution in [0.25, 0.3) is 0 Å². The van der Waals surface area contributed by atoms with Crippen LogP contribution in [-0.4, -0.2) is 37.7 Å². The summed E-state index contributed by atoms with van der Waals surface area (Å²) in [5, 5.41) is 3.13. The summed E-state index contributed by atoms with van der Waals surface area (Å²) in [5.41, 5.74) is 2.59. The Hall–Kier alpha value is -1.55. The quantitative estimate of drug-likeness (QED) is 0.929. The Labute approximate surface area is 139 Å². The second-order valence-corrected chi connectivity index (χ2v) is 7.31. The van der Waals surface area contributed by atoms with Crippen molar-refractivity contribution in [3.63, 3.8) is 0 Å². The van der Waals surface area contributed by atoms with E-state index in [9.17, 15) is 4.79 Å². The van der Waals surface area contributed by atoms with E-state index in [4.69, 9.17) is 4.74 Å². The maximum absolute atomic E-state index is 12.4. The van der Waals surface area contributed by atoms with E-state index < -0.39 is 0 Å². The van der Waals surface area contributed by atoms with Gasteiger partial charge in [0, 0.05) is 37.8 Å². The molecule has 3 rings (SSSR count). The van der Waals surface area contributed by atoms with Gasteiger partial charge in [-0.2, -0.15) is 0 Å². The van der Waals surface area contributed by atoms with Gasteiger partial charge in [-0.15, -0.1) is 0 Å². The van der Waals surface area contributed by atoms with Crippen LogP contribution in [0, 0.1) is 5.92 Å². The number of nitrogens with one attached hydrogen (secondary N) is 1. The van der Waals surface area contributed by atoms with Crippen LogP contribution < -0.4 is 10.2 Å². The van der Waals surface area contributed by atoms with Gasteiger partial charge in [0.15, 0.2) is 0 Å². The summed E-state index contributed by atoms with van der Waals surface area (Å²) in [4.78, 5) is 14.8. The summed E-state index contributed by atoms with van der Waals surface area (Å²) < 4.78 is 5.70. The maximum Gasteiger partial charge on any atom is 0.223 e. The van der Waals surface area contributed by atoms with Gasteiger partial charge in [0.2, 0.25) is 5.91 Å². The fraction of sp³-hybridized carbons (Fsp3) is 0.632. The summed E-state index contributed by atoms with van der Waals surface area (Å²) in [5.74, 6) is 0.277. The smallest absolute Gasteiger partial charge is 0.223 e. The minimum Gasteiger partial charge on any atom is -0.376 e. The molecule has 23 heavy (non-hydrogen) atoms. The van der Waals surface area contributed by atoms with Crippen LogP contribution in [0.3, 0.4) is 0 Å². The zero-order valence-electron chi connectivity index (χ0n) is 14.3. The Balaban J connectivity index is 1.49. The predicted octanol–water partition coefficient (Wildman–Crippen LogP) is 2.76. The van der Waals surface area contributed by atoms with Gasteiger partial charge < -0.3 is 15.0 Å². The number of ether oxygens (including phenoxy) is 1. The molecular weight excluding hydrogens is 288 g/mol. The maximum atomic E-state index is 12.4. The minimum atomic E-state index is -0.175. The molecule has 1 atom stereocenters. The average Bonchev–Trinajstić information content (AvgIpc) is 2.54. The molecule has 2 aliphatic heterocycles. The van der Waals surface area contributed by atoms with E-state index in [0.717, 1.165) is 32.4 Å². The Morgan fingerprint density at radius 3 is 3.04 bits per heavy atom. The minimum absolute atomic E-state index is 0.0902. The lowest BCUT2D eigenvalue weighted by atomic mass is 9.88. The average molecular weight is 316 g/mol. The first-order valence-corrected chi connectivity index (χ1v) is 8.80. The number of rotatable bonds is 4. The third kappa shape index (κ3) is 4.05. The van der Waals surface area contributed by atoms with Gasteiger partial charge in [0.1, 0.15) is 0 Å². The predicted molar refractivity (Wildman–Crippen MR) is 92.7 cm³/mol. The lowest BCUT2D eigenvalue weighted by Crippen LogP contribution is -2.44. The molecule has 4 nitrogen and oxygen atoms in total. The molecule has 2 heterocycles. The normalized spacial score (nSPS) is 23.2. The van der Waals surface area contributed by atoms with Crippen LogP contribution in [0.15, 0.2) is 24.3 Å². The number of amides is 1. The highest BCUT2D eigenvalue weighted by Gasteiger charge is 2.32. The molecule has 126 valence electrons. The van der Waals surface area contributed by atoms with Crippen LogP contribution in [-0.2, 0) is 16.0 Å². The Kier molecular flexibility index (Phi) is 4.90. The van der Waals surface area contributed by atoms with E-state index in [1.54, 1.807) is 0 Å². The number of fused-ring (bicyclic) bond motifs is 1. The van der Waals surface area contributed by atoms with E-state index in [0.29, 0.717) is 13.2 Å². The van der Waals surface area contributed by atoms with Crippen LogP contribution >= 0.6 is 0 Å². The summed E-state index contributed by atoms with van der Waals surface area (Å²) >= 11 is 0. The monoisotopic (exact) mass is 316 g/mol. The first-order valence-electron chi connectivity index (χ1n) is 8.80. The number of hydrogen-bond donors (Lipinski definition) is 1. The summed E-state index contributed by atoms with van der Waals surface area (Å²) in [6, 6.07) is 8.61. The molecule has 0 radical (unpaired) electrons. The van der Waals surface area contributed by atoms with Crippen molar-refractivity contribution >= 4 is 11.6 Å². The molecule has 2 aliphatic rings. The molecule has 0 saturated carbocycles. The molecule has 4 heteroatoms. The molecule has 1 amide bonds. The van der Waals surface area contributed by atoms with Crippen molar-refractivity contribution in [3.8, 4) is 0 Å². The molecule has 1 saturated heterocycles. The molecule has 0 unspecified atom stereocenters. The Morgan fingerprint density at radius 1 is 1.39 bits per heavy atom. The third-order valence-corrected chi connectivity index (χ3v) is 4.96. The van der Waals surface area contributed by atoms with E-state index in [2.05, 4.69) is 48.3 Å². The largest absolute Gasteiger partial charge is 0.376 e. The summed E-state index contributed by atoms with van der Waals surface area (Å²) in [7, 11) is 0. The van der Waals surface area contributed by atoms with E-state index >= 15 is 0 Å². The van der Waals surface area contributed by atoms with Crippen LogP contribution in [0.1, 0.15) is 38.7 Å². The number of para-hydroxylation sites is 1. The third-order valence-electron chi connectivity index (χ3n) is 4.96. The zero-order chi connectivity index (χ0) is 16.3. The Morgan fingerprint density at radius 2 is 2.22 bits per heavy atom. The van der Waals surface area contributed by atoms with E-state index in [-0.39, 0.29) is 17.4 Å². The number of carbonyl (C=O) groups is 1.